The molecule has 3 rings (SSSR count). The van der Waals surface area contributed by atoms with Gasteiger partial charge in [0.05, 0.1) is 11.4 Å². The van der Waals surface area contributed by atoms with Gasteiger partial charge in [-0.25, -0.2) is 8.42 Å². The topological polar surface area (TPSA) is 57.7 Å². The maximum absolute atomic E-state index is 12.7. The molecule has 0 aliphatic carbocycles. The standard InChI is InChI=1S/C18H20N2O3S/c1-2-19(16-7-4-3-5-8-16)18(21)15-9-11-17(12-10-15)20-13-6-14-24(20,22)23/h3-5,7-12H,2,6,13-14H2,1H3. The molecule has 2 aromatic rings. The van der Waals surface area contributed by atoms with Crippen molar-refractivity contribution in [2.75, 3.05) is 28.0 Å². The van der Waals surface area contributed by atoms with Gasteiger partial charge in [0.15, 0.2) is 0 Å². The zero-order valence-electron chi connectivity index (χ0n) is 13.6. The SMILES string of the molecule is CCN(C(=O)c1ccc(N2CCCS2(=O)=O)cc1)c1ccccc1. The maximum Gasteiger partial charge on any atom is 0.258 e. The lowest BCUT2D eigenvalue weighted by Crippen LogP contribution is -2.30. The summed E-state index contributed by atoms with van der Waals surface area (Å²) < 4.78 is 25.4. The molecule has 0 unspecified atom stereocenters. The van der Waals surface area contributed by atoms with Gasteiger partial charge in [-0.05, 0) is 49.7 Å². The van der Waals surface area contributed by atoms with E-state index in [1.807, 2.05) is 37.3 Å². The molecule has 0 bridgehead atoms. The molecular formula is C18H20N2O3S. The molecule has 1 saturated heterocycles. The number of carbonyl (C=O) groups is 1. The average Bonchev–Trinajstić information content (AvgIpc) is 2.96. The number of anilines is 2. The third-order valence-corrected chi connectivity index (χ3v) is 6.00. The summed E-state index contributed by atoms with van der Waals surface area (Å²) in [5.74, 6) is 0.0882. The molecule has 0 spiro atoms. The van der Waals surface area contributed by atoms with Crippen LogP contribution in [0.1, 0.15) is 23.7 Å². The molecule has 0 saturated carbocycles. The summed E-state index contributed by atoms with van der Waals surface area (Å²) in [6.45, 7) is 2.99. The van der Waals surface area contributed by atoms with Crippen molar-refractivity contribution in [1.82, 2.24) is 0 Å². The number of hydrogen-bond donors (Lipinski definition) is 0. The van der Waals surface area contributed by atoms with Gasteiger partial charge in [0.1, 0.15) is 0 Å². The molecule has 1 heterocycles. The van der Waals surface area contributed by atoms with E-state index in [1.165, 1.54) is 4.31 Å². The van der Waals surface area contributed by atoms with Gasteiger partial charge in [0.25, 0.3) is 5.91 Å². The Kier molecular flexibility index (Phi) is 4.57. The van der Waals surface area contributed by atoms with Gasteiger partial charge in [-0.2, -0.15) is 0 Å². The molecule has 1 fully saturated rings. The van der Waals surface area contributed by atoms with Gasteiger partial charge in [-0.3, -0.25) is 9.10 Å². The lowest BCUT2D eigenvalue weighted by molar-refractivity contribution is 0.0988. The van der Waals surface area contributed by atoms with E-state index in [2.05, 4.69) is 0 Å². The Bertz CT molecular complexity index is 817. The number of hydrogen-bond acceptors (Lipinski definition) is 3. The molecular weight excluding hydrogens is 324 g/mol. The van der Waals surface area contributed by atoms with Crippen LogP contribution in [0.2, 0.25) is 0 Å². The molecule has 0 N–H and O–H groups in total. The Morgan fingerprint density at radius 1 is 1.08 bits per heavy atom. The molecule has 5 nitrogen and oxygen atoms in total. The van der Waals surface area contributed by atoms with Crippen molar-refractivity contribution >= 4 is 27.3 Å². The molecule has 126 valence electrons. The minimum Gasteiger partial charge on any atom is -0.309 e. The van der Waals surface area contributed by atoms with Gasteiger partial charge in [-0.1, -0.05) is 18.2 Å². The second-order valence-corrected chi connectivity index (χ2v) is 7.69. The largest absolute Gasteiger partial charge is 0.309 e. The summed E-state index contributed by atoms with van der Waals surface area (Å²) in [5, 5.41) is 0. The Hall–Kier alpha value is -2.34. The van der Waals surface area contributed by atoms with Crippen LogP contribution in [0, 0.1) is 0 Å². The summed E-state index contributed by atoms with van der Waals surface area (Å²) in [7, 11) is -3.20. The Morgan fingerprint density at radius 2 is 1.75 bits per heavy atom. The molecule has 1 aliphatic heterocycles. The maximum atomic E-state index is 12.7. The van der Waals surface area contributed by atoms with Crippen LogP contribution in [-0.2, 0) is 10.0 Å². The second kappa shape index (κ2) is 6.65. The fourth-order valence-electron chi connectivity index (χ4n) is 2.91. The van der Waals surface area contributed by atoms with Crippen LogP contribution in [0.15, 0.2) is 54.6 Å². The summed E-state index contributed by atoms with van der Waals surface area (Å²) in [6.07, 6.45) is 0.640. The minimum absolute atomic E-state index is 0.0977. The lowest BCUT2D eigenvalue weighted by Gasteiger charge is -2.22. The normalized spacial score (nSPS) is 16.1. The predicted molar refractivity (Wildman–Crippen MR) is 96.0 cm³/mol. The molecule has 1 aliphatic rings. The molecule has 0 radical (unpaired) electrons. The predicted octanol–water partition coefficient (Wildman–Crippen LogP) is 2.89. The fourth-order valence-corrected chi connectivity index (χ4v) is 4.47. The van der Waals surface area contributed by atoms with E-state index in [0.717, 1.165) is 5.69 Å². The van der Waals surface area contributed by atoms with E-state index in [9.17, 15) is 13.2 Å². The fraction of sp³-hybridized carbons (Fsp3) is 0.278. The first-order valence-corrected chi connectivity index (χ1v) is 9.61. The highest BCUT2D eigenvalue weighted by atomic mass is 32.2. The van der Waals surface area contributed by atoms with Crippen LogP contribution in [-0.4, -0.2) is 33.2 Å². The first-order valence-electron chi connectivity index (χ1n) is 8.00. The van der Waals surface area contributed by atoms with E-state index >= 15 is 0 Å². The Labute approximate surface area is 142 Å². The smallest absolute Gasteiger partial charge is 0.258 e. The second-order valence-electron chi connectivity index (χ2n) is 5.67. The van der Waals surface area contributed by atoms with Crippen molar-refractivity contribution in [2.45, 2.75) is 13.3 Å². The van der Waals surface area contributed by atoms with E-state index in [1.54, 1.807) is 29.2 Å². The molecule has 0 aromatic heterocycles. The number of nitrogens with zero attached hydrogens (tertiary/aromatic N) is 2. The van der Waals surface area contributed by atoms with Crippen molar-refractivity contribution in [3.8, 4) is 0 Å². The zero-order valence-corrected chi connectivity index (χ0v) is 14.4. The van der Waals surface area contributed by atoms with Crippen molar-refractivity contribution in [3.05, 3.63) is 60.2 Å². The molecule has 0 atom stereocenters. The van der Waals surface area contributed by atoms with Crippen molar-refractivity contribution < 1.29 is 13.2 Å². The first kappa shape index (κ1) is 16.5. The summed E-state index contributed by atoms with van der Waals surface area (Å²) >= 11 is 0. The van der Waals surface area contributed by atoms with Crippen molar-refractivity contribution in [3.63, 3.8) is 0 Å². The third-order valence-electron chi connectivity index (χ3n) is 4.13. The Balaban J connectivity index is 1.84. The highest BCUT2D eigenvalue weighted by molar-refractivity contribution is 7.93. The highest BCUT2D eigenvalue weighted by Crippen LogP contribution is 2.25. The van der Waals surface area contributed by atoms with E-state index in [0.29, 0.717) is 30.8 Å². The number of rotatable bonds is 4. The van der Waals surface area contributed by atoms with Crippen molar-refractivity contribution in [2.24, 2.45) is 0 Å². The highest BCUT2D eigenvalue weighted by Gasteiger charge is 2.28. The van der Waals surface area contributed by atoms with Crippen molar-refractivity contribution in [1.29, 1.82) is 0 Å². The Morgan fingerprint density at radius 3 is 2.29 bits per heavy atom. The number of benzene rings is 2. The van der Waals surface area contributed by atoms with Gasteiger partial charge >= 0.3 is 0 Å². The van der Waals surface area contributed by atoms with E-state index in [-0.39, 0.29) is 11.7 Å². The molecule has 2 aromatic carbocycles. The number of para-hydroxylation sites is 1. The average molecular weight is 344 g/mol. The van der Waals surface area contributed by atoms with Crippen LogP contribution in [0.25, 0.3) is 0 Å². The van der Waals surface area contributed by atoms with Crippen LogP contribution in [0.3, 0.4) is 0 Å². The molecule has 24 heavy (non-hydrogen) atoms. The van der Waals surface area contributed by atoms with E-state index in [4.69, 9.17) is 0 Å². The lowest BCUT2D eigenvalue weighted by atomic mass is 10.1. The first-order chi connectivity index (χ1) is 11.5. The number of sulfonamides is 1. The van der Waals surface area contributed by atoms with Gasteiger partial charge in [0.2, 0.25) is 10.0 Å². The summed E-state index contributed by atoms with van der Waals surface area (Å²) in [5.41, 5.74) is 2.00. The van der Waals surface area contributed by atoms with Crippen LogP contribution < -0.4 is 9.21 Å². The van der Waals surface area contributed by atoms with Crippen LogP contribution >= 0.6 is 0 Å². The number of carbonyl (C=O) groups excluding carboxylic acids is 1. The quantitative estimate of drug-likeness (QED) is 0.857. The molecule has 1 amide bonds. The van der Waals surface area contributed by atoms with E-state index < -0.39 is 10.0 Å². The van der Waals surface area contributed by atoms with Crippen LogP contribution in [0.4, 0.5) is 11.4 Å². The van der Waals surface area contributed by atoms with Gasteiger partial charge < -0.3 is 4.90 Å². The molecule has 6 heteroatoms. The number of amides is 1. The van der Waals surface area contributed by atoms with Gasteiger partial charge in [0, 0.05) is 24.3 Å². The summed E-state index contributed by atoms with van der Waals surface area (Å²) in [4.78, 5) is 14.4. The summed E-state index contributed by atoms with van der Waals surface area (Å²) in [6, 6.07) is 16.3. The minimum atomic E-state index is -3.20. The van der Waals surface area contributed by atoms with Crippen LogP contribution in [0.5, 0.6) is 0 Å². The van der Waals surface area contributed by atoms with Gasteiger partial charge in [-0.15, -0.1) is 0 Å². The monoisotopic (exact) mass is 344 g/mol. The third kappa shape index (κ3) is 3.14. The zero-order chi connectivity index (χ0) is 17.2.